The zero-order valence-electron chi connectivity index (χ0n) is 18.8. The molecule has 174 valence electrons. The van der Waals surface area contributed by atoms with Crippen LogP contribution in [0.25, 0.3) is 11.0 Å². The van der Waals surface area contributed by atoms with Gasteiger partial charge >= 0.3 is 0 Å². The van der Waals surface area contributed by atoms with Crippen LogP contribution in [0.2, 0.25) is 0 Å². The molecule has 0 amide bonds. The molecule has 0 bridgehead atoms. The van der Waals surface area contributed by atoms with Crippen LogP contribution in [0.4, 0.5) is 0 Å². The van der Waals surface area contributed by atoms with E-state index in [1.54, 1.807) is 4.68 Å². The maximum atomic E-state index is 12.3. The summed E-state index contributed by atoms with van der Waals surface area (Å²) < 4.78 is 31.5. The van der Waals surface area contributed by atoms with Crippen molar-refractivity contribution in [1.82, 2.24) is 15.0 Å². The van der Waals surface area contributed by atoms with Gasteiger partial charge < -0.3 is 27.9 Å². The minimum Gasteiger partial charge on any atom is -0.778 e. The van der Waals surface area contributed by atoms with E-state index in [1.165, 1.54) is 0 Å². The average Bonchev–Trinajstić information content (AvgIpc) is 3.17. The molecule has 32 heavy (non-hydrogen) atoms. The Hall–Kier alpha value is -2.13. The molecule has 0 aliphatic rings. The molecule has 10 heteroatoms. The molecular formula is C22H31N4O5P. The van der Waals surface area contributed by atoms with Crippen molar-refractivity contribution in [2.45, 2.75) is 19.4 Å². The smallest absolute Gasteiger partial charge is 0.141 e. The fraction of sp³-hybridized carbons (Fsp3) is 0.455. The van der Waals surface area contributed by atoms with E-state index in [0.29, 0.717) is 17.6 Å². The van der Waals surface area contributed by atoms with Gasteiger partial charge in [0.2, 0.25) is 0 Å². The van der Waals surface area contributed by atoms with Gasteiger partial charge in [-0.25, -0.2) is 4.68 Å². The Morgan fingerprint density at radius 1 is 1.06 bits per heavy atom. The number of rotatable bonds is 13. The number of fused-ring (bicyclic) bond motifs is 1. The maximum Gasteiger partial charge on any atom is 0.141 e. The average molecular weight is 462 g/mol. The largest absolute Gasteiger partial charge is 0.778 e. The van der Waals surface area contributed by atoms with Crippen LogP contribution in [0.15, 0.2) is 54.6 Å². The molecule has 0 aliphatic carbocycles. The molecule has 2 atom stereocenters. The third-order valence-electron chi connectivity index (χ3n) is 4.77. The summed E-state index contributed by atoms with van der Waals surface area (Å²) in [6.07, 6.45) is -0.593. The van der Waals surface area contributed by atoms with Crippen LogP contribution in [0.5, 0.6) is 0 Å². The van der Waals surface area contributed by atoms with Gasteiger partial charge in [0.1, 0.15) is 25.9 Å². The predicted octanol–water partition coefficient (Wildman–Crippen LogP) is 2.27. The predicted molar refractivity (Wildman–Crippen MR) is 120 cm³/mol. The fourth-order valence-electron chi connectivity index (χ4n) is 2.90. The Labute approximate surface area is 188 Å². The highest BCUT2D eigenvalue weighted by atomic mass is 31.2. The third-order valence-corrected chi connectivity index (χ3v) is 6.06. The molecule has 1 heterocycles. The van der Waals surface area contributed by atoms with Crippen molar-refractivity contribution in [2.75, 3.05) is 47.1 Å². The number of benzene rings is 2. The van der Waals surface area contributed by atoms with Crippen molar-refractivity contribution < 1.29 is 27.9 Å². The van der Waals surface area contributed by atoms with Gasteiger partial charge in [0.05, 0.1) is 59.2 Å². The van der Waals surface area contributed by atoms with Crippen LogP contribution >= 0.6 is 7.60 Å². The van der Waals surface area contributed by atoms with Crippen LogP contribution in [0, 0.1) is 0 Å². The number of nitrogens with zero attached hydrogens (tertiary/aromatic N) is 4. The van der Waals surface area contributed by atoms with Crippen molar-refractivity contribution in [2.24, 2.45) is 0 Å². The summed E-state index contributed by atoms with van der Waals surface area (Å²) in [4.78, 5) is 12.3. The van der Waals surface area contributed by atoms with E-state index in [0.717, 1.165) is 16.6 Å². The second kappa shape index (κ2) is 11.1. The van der Waals surface area contributed by atoms with E-state index in [-0.39, 0.29) is 26.1 Å². The minimum atomic E-state index is -3.98. The van der Waals surface area contributed by atoms with Crippen molar-refractivity contribution in [3.8, 4) is 0 Å². The second-order valence-electron chi connectivity index (χ2n) is 8.64. The number of aromatic nitrogens is 3. The molecule has 2 unspecified atom stereocenters. The van der Waals surface area contributed by atoms with Gasteiger partial charge in [-0.3, -0.25) is 0 Å². The molecule has 0 spiro atoms. The third kappa shape index (κ3) is 8.09. The highest BCUT2D eigenvalue weighted by molar-refractivity contribution is 7.51. The summed E-state index contributed by atoms with van der Waals surface area (Å²) >= 11 is 0. The lowest BCUT2D eigenvalue weighted by Gasteiger charge is -2.30. The quantitative estimate of drug-likeness (QED) is 0.284. The Morgan fingerprint density at radius 3 is 2.53 bits per heavy atom. The summed E-state index contributed by atoms with van der Waals surface area (Å²) in [5.74, 6) is 0. The first-order valence-corrected chi connectivity index (χ1v) is 12.2. The SMILES string of the molecule is C[N+](C)(C)CCP(=O)([O-])OCC(COCn1nnc2ccccc21)OCc1ccccc1. The van der Waals surface area contributed by atoms with Crippen molar-refractivity contribution >= 4 is 18.6 Å². The molecule has 0 saturated heterocycles. The van der Waals surface area contributed by atoms with Gasteiger partial charge in [0.25, 0.3) is 0 Å². The lowest BCUT2D eigenvalue weighted by atomic mass is 10.2. The van der Waals surface area contributed by atoms with Gasteiger partial charge in [0, 0.05) is 0 Å². The van der Waals surface area contributed by atoms with E-state index >= 15 is 0 Å². The Morgan fingerprint density at radius 2 is 1.78 bits per heavy atom. The number of quaternary nitrogens is 1. The molecule has 0 saturated carbocycles. The molecule has 0 radical (unpaired) electrons. The van der Waals surface area contributed by atoms with Crippen LogP contribution in [-0.2, 0) is 31.9 Å². The van der Waals surface area contributed by atoms with E-state index in [4.69, 9.17) is 14.0 Å². The summed E-state index contributed by atoms with van der Waals surface area (Å²) in [7, 11) is 1.83. The summed E-state index contributed by atoms with van der Waals surface area (Å²) in [5.41, 5.74) is 2.62. The number of para-hydroxylation sites is 1. The van der Waals surface area contributed by atoms with Crippen molar-refractivity contribution in [3.05, 3.63) is 60.2 Å². The van der Waals surface area contributed by atoms with Gasteiger partial charge in [-0.2, -0.15) is 0 Å². The molecule has 0 aliphatic heterocycles. The van der Waals surface area contributed by atoms with Gasteiger partial charge in [-0.15, -0.1) is 5.10 Å². The zero-order valence-corrected chi connectivity index (χ0v) is 19.7. The molecular weight excluding hydrogens is 431 g/mol. The van der Waals surface area contributed by atoms with E-state index < -0.39 is 13.7 Å². The second-order valence-corrected chi connectivity index (χ2v) is 10.6. The van der Waals surface area contributed by atoms with Crippen LogP contribution < -0.4 is 4.89 Å². The highest BCUT2D eigenvalue weighted by Crippen LogP contribution is 2.37. The molecule has 9 nitrogen and oxygen atoms in total. The zero-order chi connectivity index (χ0) is 23.0. The van der Waals surface area contributed by atoms with Crippen molar-refractivity contribution in [1.29, 1.82) is 0 Å². The monoisotopic (exact) mass is 462 g/mol. The summed E-state index contributed by atoms with van der Waals surface area (Å²) in [5, 5.41) is 8.19. The number of hydrogen-bond acceptors (Lipinski definition) is 7. The lowest BCUT2D eigenvalue weighted by molar-refractivity contribution is -0.868. The molecule has 3 aromatic rings. The molecule has 0 fully saturated rings. The van der Waals surface area contributed by atoms with Crippen molar-refractivity contribution in [3.63, 3.8) is 0 Å². The van der Waals surface area contributed by atoms with Gasteiger partial charge in [-0.1, -0.05) is 47.7 Å². The van der Waals surface area contributed by atoms with E-state index in [2.05, 4.69) is 10.3 Å². The Kier molecular flexibility index (Phi) is 8.53. The Bertz CT molecular complexity index is 1020. The van der Waals surface area contributed by atoms with Crippen LogP contribution in [0.3, 0.4) is 0 Å². The van der Waals surface area contributed by atoms with Gasteiger partial charge in [0.15, 0.2) is 0 Å². The molecule has 0 N–H and O–H groups in total. The summed E-state index contributed by atoms with van der Waals surface area (Å²) in [6.45, 7) is 1.00. The van der Waals surface area contributed by atoms with Crippen LogP contribution in [-0.4, -0.2) is 72.6 Å². The number of hydrogen-bond donors (Lipinski definition) is 0. The molecule has 2 aromatic carbocycles. The van der Waals surface area contributed by atoms with E-state index in [1.807, 2.05) is 75.7 Å². The van der Waals surface area contributed by atoms with Gasteiger partial charge in [-0.05, 0) is 17.7 Å². The van der Waals surface area contributed by atoms with Crippen LogP contribution in [0.1, 0.15) is 5.56 Å². The lowest BCUT2D eigenvalue weighted by Crippen LogP contribution is -2.38. The normalized spacial score (nSPS) is 15.0. The highest BCUT2D eigenvalue weighted by Gasteiger charge is 2.19. The standard InChI is InChI=1S/C22H31N4O5P/c1-26(2,3)13-14-32(27,28)31-17-20(30-15-19-9-5-4-6-10-19)16-29-18-25-22-12-8-7-11-21(22)23-24-25/h4-12,20H,13-18H2,1-3H3. The molecule has 1 aromatic heterocycles. The first-order chi connectivity index (χ1) is 15.2. The minimum absolute atomic E-state index is 0.0340. The Balaban J connectivity index is 1.56. The first-order valence-electron chi connectivity index (χ1n) is 10.5. The first kappa shape index (κ1) is 24.5. The topological polar surface area (TPSA) is 98.5 Å². The number of ether oxygens (including phenoxy) is 2. The summed E-state index contributed by atoms with van der Waals surface area (Å²) in [6, 6.07) is 17.3. The molecule has 3 rings (SSSR count). The maximum absolute atomic E-state index is 12.3. The van der Waals surface area contributed by atoms with E-state index in [9.17, 15) is 9.46 Å². The fourth-order valence-corrected chi connectivity index (χ4v) is 4.27.